The Kier molecular flexibility index (Phi) is 5.78. The van der Waals surface area contributed by atoms with Gasteiger partial charge < -0.3 is 15.3 Å². The van der Waals surface area contributed by atoms with E-state index in [9.17, 15) is 9.59 Å². The van der Waals surface area contributed by atoms with Crippen molar-refractivity contribution in [3.63, 3.8) is 0 Å². The average molecular weight is 265 g/mol. The highest BCUT2D eigenvalue weighted by atomic mass is 16.4. The van der Waals surface area contributed by atoms with Gasteiger partial charge in [-0.15, -0.1) is 0 Å². The zero-order chi connectivity index (χ0) is 14.3. The molecule has 1 aromatic rings. The molecule has 6 nitrogen and oxygen atoms in total. The highest BCUT2D eigenvalue weighted by Gasteiger charge is 2.08. The third kappa shape index (κ3) is 4.95. The maximum absolute atomic E-state index is 11.7. The summed E-state index contributed by atoms with van der Waals surface area (Å²) < 4.78 is 0. The van der Waals surface area contributed by atoms with Crippen LogP contribution in [0.1, 0.15) is 35.8 Å². The summed E-state index contributed by atoms with van der Waals surface area (Å²) >= 11 is 0. The topological polar surface area (TPSA) is 82.5 Å². The van der Waals surface area contributed by atoms with Crippen LogP contribution in [0.5, 0.6) is 0 Å². The number of carboxylic acid groups (broad SMARTS) is 1. The highest BCUT2D eigenvalue weighted by Crippen LogP contribution is 2.01. The molecule has 0 fully saturated rings. The van der Waals surface area contributed by atoms with E-state index in [1.165, 1.54) is 12.3 Å². The first-order chi connectivity index (χ1) is 9.04. The lowest BCUT2D eigenvalue weighted by Crippen LogP contribution is -2.37. The molecule has 0 aliphatic heterocycles. The molecule has 0 saturated carbocycles. The number of carboxylic acids is 1. The van der Waals surface area contributed by atoms with Gasteiger partial charge in [-0.1, -0.05) is 19.4 Å². The van der Waals surface area contributed by atoms with Gasteiger partial charge in [0, 0.05) is 26.3 Å². The Hall–Kier alpha value is -2.11. The Balaban J connectivity index is 2.43. The lowest BCUT2D eigenvalue weighted by molar-refractivity contribution is 0.0690. The van der Waals surface area contributed by atoms with E-state index >= 15 is 0 Å². The molecule has 2 N–H and O–H groups in total. The van der Waals surface area contributed by atoms with E-state index in [2.05, 4.69) is 17.2 Å². The summed E-state index contributed by atoms with van der Waals surface area (Å²) in [7, 11) is 1.75. The van der Waals surface area contributed by atoms with Gasteiger partial charge >= 0.3 is 12.0 Å². The fourth-order valence-electron chi connectivity index (χ4n) is 1.47. The minimum atomic E-state index is -1.06. The van der Waals surface area contributed by atoms with E-state index < -0.39 is 5.97 Å². The molecule has 0 unspecified atom stereocenters. The van der Waals surface area contributed by atoms with Gasteiger partial charge in [0.25, 0.3) is 0 Å². The molecule has 0 bridgehead atoms. The van der Waals surface area contributed by atoms with Gasteiger partial charge in [-0.3, -0.25) is 0 Å². The van der Waals surface area contributed by atoms with Crippen LogP contribution < -0.4 is 5.32 Å². The van der Waals surface area contributed by atoms with Gasteiger partial charge in [-0.05, 0) is 18.1 Å². The SMILES string of the molecule is CCCCN(C)C(=O)NCc1ccc(C(=O)O)nc1. The highest BCUT2D eigenvalue weighted by molar-refractivity contribution is 5.85. The molecule has 0 spiro atoms. The first-order valence-corrected chi connectivity index (χ1v) is 6.21. The van der Waals surface area contributed by atoms with Gasteiger partial charge in [-0.2, -0.15) is 0 Å². The normalized spacial score (nSPS) is 10.0. The number of aromatic nitrogens is 1. The van der Waals surface area contributed by atoms with E-state index in [1.54, 1.807) is 18.0 Å². The number of nitrogens with one attached hydrogen (secondary N) is 1. The van der Waals surface area contributed by atoms with Gasteiger partial charge in [0.1, 0.15) is 5.69 Å². The molecule has 19 heavy (non-hydrogen) atoms. The maximum Gasteiger partial charge on any atom is 0.354 e. The van der Waals surface area contributed by atoms with Crippen LogP contribution in [-0.4, -0.2) is 40.6 Å². The van der Waals surface area contributed by atoms with Crippen molar-refractivity contribution in [3.8, 4) is 0 Å². The van der Waals surface area contributed by atoms with E-state index in [0.29, 0.717) is 6.54 Å². The van der Waals surface area contributed by atoms with Gasteiger partial charge in [-0.25, -0.2) is 14.6 Å². The second-order valence-electron chi connectivity index (χ2n) is 4.29. The minimum Gasteiger partial charge on any atom is -0.477 e. The zero-order valence-corrected chi connectivity index (χ0v) is 11.2. The monoisotopic (exact) mass is 265 g/mol. The maximum atomic E-state index is 11.7. The van der Waals surface area contributed by atoms with E-state index in [1.807, 2.05) is 0 Å². The molecule has 1 rings (SSSR count). The number of aromatic carboxylic acids is 1. The number of hydrogen-bond acceptors (Lipinski definition) is 3. The smallest absolute Gasteiger partial charge is 0.354 e. The van der Waals surface area contributed by atoms with Crippen LogP contribution in [0, 0.1) is 0 Å². The molecular weight excluding hydrogens is 246 g/mol. The molecule has 0 aliphatic carbocycles. The number of rotatable bonds is 6. The molecule has 0 atom stereocenters. The number of carbonyl (C=O) groups excluding carboxylic acids is 1. The van der Waals surface area contributed by atoms with Crippen LogP contribution >= 0.6 is 0 Å². The summed E-state index contributed by atoms with van der Waals surface area (Å²) in [6.45, 7) is 3.13. The second kappa shape index (κ2) is 7.35. The van der Waals surface area contributed by atoms with Crippen molar-refractivity contribution in [2.45, 2.75) is 26.3 Å². The van der Waals surface area contributed by atoms with Crippen molar-refractivity contribution in [2.75, 3.05) is 13.6 Å². The number of hydrogen-bond donors (Lipinski definition) is 2. The zero-order valence-electron chi connectivity index (χ0n) is 11.2. The number of unbranched alkanes of at least 4 members (excludes halogenated alkanes) is 1. The molecule has 1 aromatic heterocycles. The fourth-order valence-corrected chi connectivity index (χ4v) is 1.47. The molecule has 104 valence electrons. The van der Waals surface area contributed by atoms with Crippen molar-refractivity contribution in [1.29, 1.82) is 0 Å². The number of amides is 2. The Morgan fingerprint density at radius 1 is 1.42 bits per heavy atom. The van der Waals surface area contributed by atoms with E-state index in [4.69, 9.17) is 5.11 Å². The summed E-state index contributed by atoms with van der Waals surface area (Å²) in [6, 6.07) is 2.92. The Morgan fingerprint density at radius 3 is 2.68 bits per heavy atom. The standard InChI is InChI=1S/C13H19N3O3/c1-3-4-7-16(2)13(19)15-9-10-5-6-11(12(17)18)14-8-10/h5-6,8H,3-4,7,9H2,1-2H3,(H,15,19)(H,17,18). The van der Waals surface area contributed by atoms with Gasteiger partial charge in [0.15, 0.2) is 0 Å². The predicted molar refractivity (Wildman–Crippen MR) is 71.0 cm³/mol. The first-order valence-electron chi connectivity index (χ1n) is 6.21. The molecule has 0 radical (unpaired) electrons. The predicted octanol–water partition coefficient (Wildman–Crippen LogP) is 1.72. The molecular formula is C13H19N3O3. The van der Waals surface area contributed by atoms with Crippen LogP contribution in [0.3, 0.4) is 0 Å². The lowest BCUT2D eigenvalue weighted by Gasteiger charge is -2.17. The molecule has 6 heteroatoms. The first kappa shape index (κ1) is 14.9. The third-order valence-electron chi connectivity index (χ3n) is 2.68. The van der Waals surface area contributed by atoms with Crippen LogP contribution in [0.2, 0.25) is 0 Å². The van der Waals surface area contributed by atoms with Crippen LogP contribution in [0.25, 0.3) is 0 Å². The van der Waals surface area contributed by atoms with Gasteiger partial charge in [0.05, 0.1) is 0 Å². The summed E-state index contributed by atoms with van der Waals surface area (Å²) in [5.41, 5.74) is 0.761. The molecule has 2 amide bonds. The third-order valence-corrected chi connectivity index (χ3v) is 2.68. The summed E-state index contributed by atoms with van der Waals surface area (Å²) in [4.78, 5) is 27.7. The van der Waals surface area contributed by atoms with Crippen molar-refractivity contribution >= 4 is 12.0 Å². The minimum absolute atomic E-state index is 0.00450. The lowest BCUT2D eigenvalue weighted by atomic mass is 10.2. The largest absolute Gasteiger partial charge is 0.477 e. The van der Waals surface area contributed by atoms with Gasteiger partial charge in [0.2, 0.25) is 0 Å². The van der Waals surface area contributed by atoms with Crippen molar-refractivity contribution in [3.05, 3.63) is 29.6 Å². The Bertz CT molecular complexity index is 431. The quantitative estimate of drug-likeness (QED) is 0.820. The summed E-state index contributed by atoms with van der Waals surface area (Å²) in [5.74, 6) is -1.06. The van der Waals surface area contributed by atoms with Crippen molar-refractivity contribution in [2.24, 2.45) is 0 Å². The number of carbonyl (C=O) groups is 2. The second-order valence-corrected chi connectivity index (χ2v) is 4.29. The fraction of sp³-hybridized carbons (Fsp3) is 0.462. The molecule has 1 heterocycles. The average Bonchev–Trinajstić information content (AvgIpc) is 2.42. The number of pyridine rings is 1. The van der Waals surface area contributed by atoms with E-state index in [-0.39, 0.29) is 11.7 Å². The number of urea groups is 1. The van der Waals surface area contributed by atoms with Crippen molar-refractivity contribution in [1.82, 2.24) is 15.2 Å². The molecule has 0 aromatic carbocycles. The molecule has 0 aliphatic rings. The van der Waals surface area contributed by atoms with Crippen molar-refractivity contribution < 1.29 is 14.7 Å². The summed E-state index contributed by atoms with van der Waals surface area (Å²) in [5, 5.41) is 11.5. The Morgan fingerprint density at radius 2 is 2.16 bits per heavy atom. The summed E-state index contributed by atoms with van der Waals surface area (Å²) in [6.07, 6.45) is 3.47. The van der Waals surface area contributed by atoms with Crippen LogP contribution in [0.15, 0.2) is 18.3 Å². The Labute approximate surface area is 112 Å². The molecule has 0 saturated heterocycles. The van der Waals surface area contributed by atoms with Crippen LogP contribution in [-0.2, 0) is 6.54 Å². The van der Waals surface area contributed by atoms with E-state index in [0.717, 1.165) is 24.9 Å². The van der Waals surface area contributed by atoms with Crippen LogP contribution in [0.4, 0.5) is 4.79 Å². The number of nitrogens with zero attached hydrogens (tertiary/aromatic N) is 2.